The van der Waals surface area contributed by atoms with Crippen molar-refractivity contribution in [2.75, 3.05) is 0 Å². The van der Waals surface area contributed by atoms with Crippen LogP contribution in [0.2, 0.25) is 0 Å². The first-order chi connectivity index (χ1) is 8.90. The van der Waals surface area contributed by atoms with Crippen LogP contribution in [0.25, 0.3) is 5.78 Å². The molecular weight excluding hydrogens is 224 g/mol. The first-order valence-electron chi connectivity index (χ1n) is 7.05. The third-order valence-corrected chi connectivity index (χ3v) is 3.24. The van der Waals surface area contributed by atoms with Crippen molar-refractivity contribution < 1.29 is 0 Å². The molecule has 4 heteroatoms. The lowest BCUT2D eigenvalue weighted by Crippen LogP contribution is -1.96. The average molecular weight is 246 g/mol. The zero-order valence-corrected chi connectivity index (χ0v) is 11.2. The van der Waals surface area contributed by atoms with Gasteiger partial charge in [0, 0.05) is 11.9 Å². The molecule has 0 saturated carbocycles. The molecule has 0 aliphatic carbocycles. The molecule has 0 aromatic carbocycles. The molecule has 0 amide bonds. The van der Waals surface area contributed by atoms with Crippen LogP contribution in [0, 0.1) is 0 Å². The summed E-state index contributed by atoms with van der Waals surface area (Å²) in [7, 11) is 0. The van der Waals surface area contributed by atoms with Crippen molar-refractivity contribution >= 4 is 5.78 Å². The summed E-state index contributed by atoms with van der Waals surface area (Å²) in [6, 6.07) is 2.04. The molecule has 0 bridgehead atoms. The van der Waals surface area contributed by atoms with Crippen molar-refractivity contribution in [2.24, 2.45) is 0 Å². The Morgan fingerprint density at radius 1 is 1.06 bits per heavy atom. The predicted molar refractivity (Wildman–Crippen MR) is 72.5 cm³/mol. The molecular formula is C14H22N4. The third-order valence-electron chi connectivity index (χ3n) is 3.24. The second-order valence-corrected chi connectivity index (χ2v) is 4.79. The molecule has 2 heterocycles. The van der Waals surface area contributed by atoms with Gasteiger partial charge in [0.15, 0.2) is 0 Å². The fourth-order valence-electron chi connectivity index (χ4n) is 2.15. The molecule has 0 unspecified atom stereocenters. The number of hydrogen-bond donors (Lipinski definition) is 0. The summed E-state index contributed by atoms with van der Waals surface area (Å²) in [6.45, 7) is 2.26. The Bertz CT molecular complexity index is 464. The summed E-state index contributed by atoms with van der Waals surface area (Å²) >= 11 is 0. The summed E-state index contributed by atoms with van der Waals surface area (Å²) in [6.07, 6.45) is 13.9. The maximum Gasteiger partial charge on any atom is 0.252 e. The zero-order valence-electron chi connectivity index (χ0n) is 11.2. The van der Waals surface area contributed by atoms with Gasteiger partial charge in [0.25, 0.3) is 5.78 Å². The van der Waals surface area contributed by atoms with E-state index in [1.807, 2.05) is 12.3 Å². The van der Waals surface area contributed by atoms with Crippen LogP contribution in [-0.2, 0) is 6.42 Å². The molecule has 18 heavy (non-hydrogen) atoms. The minimum Gasteiger partial charge on any atom is -0.216 e. The number of hydrogen-bond acceptors (Lipinski definition) is 3. The second-order valence-electron chi connectivity index (χ2n) is 4.79. The number of aryl methyl sites for hydroxylation is 1. The van der Waals surface area contributed by atoms with E-state index < -0.39 is 0 Å². The van der Waals surface area contributed by atoms with Gasteiger partial charge in [-0.2, -0.15) is 10.1 Å². The number of aromatic nitrogens is 4. The van der Waals surface area contributed by atoms with Gasteiger partial charge in [-0.1, -0.05) is 45.4 Å². The minimum absolute atomic E-state index is 0.704. The molecule has 4 nitrogen and oxygen atoms in total. The van der Waals surface area contributed by atoms with E-state index in [0.717, 1.165) is 12.1 Å². The quantitative estimate of drug-likeness (QED) is 0.670. The lowest BCUT2D eigenvalue weighted by Gasteiger charge is -2.02. The maximum absolute atomic E-state index is 4.47. The van der Waals surface area contributed by atoms with Gasteiger partial charge in [0.05, 0.1) is 0 Å². The van der Waals surface area contributed by atoms with Crippen molar-refractivity contribution in [1.82, 2.24) is 19.6 Å². The molecule has 0 fully saturated rings. The zero-order chi connectivity index (χ0) is 12.6. The lowest BCUT2D eigenvalue weighted by molar-refractivity contribution is 0.587. The first-order valence-corrected chi connectivity index (χ1v) is 7.05. The fourth-order valence-corrected chi connectivity index (χ4v) is 2.15. The Morgan fingerprint density at radius 2 is 1.83 bits per heavy atom. The van der Waals surface area contributed by atoms with Crippen LogP contribution >= 0.6 is 0 Å². The number of rotatable bonds is 8. The molecule has 2 aromatic heterocycles. The number of fused-ring (bicyclic) bond motifs is 1. The van der Waals surface area contributed by atoms with E-state index >= 15 is 0 Å². The molecule has 0 radical (unpaired) electrons. The van der Waals surface area contributed by atoms with Crippen LogP contribution in [0.5, 0.6) is 0 Å². The topological polar surface area (TPSA) is 43.1 Å². The highest BCUT2D eigenvalue weighted by atomic mass is 15.3. The lowest BCUT2D eigenvalue weighted by atomic mass is 10.1. The highest BCUT2D eigenvalue weighted by Crippen LogP contribution is 2.09. The largest absolute Gasteiger partial charge is 0.252 e. The first kappa shape index (κ1) is 13.0. The van der Waals surface area contributed by atoms with Crippen molar-refractivity contribution in [3.63, 3.8) is 0 Å². The average Bonchev–Trinajstić information content (AvgIpc) is 2.85. The molecule has 2 rings (SSSR count). The van der Waals surface area contributed by atoms with Crippen LogP contribution in [0.15, 0.2) is 18.6 Å². The van der Waals surface area contributed by atoms with Gasteiger partial charge < -0.3 is 0 Å². The molecule has 0 N–H and O–H groups in total. The van der Waals surface area contributed by atoms with Gasteiger partial charge in [0.2, 0.25) is 0 Å². The van der Waals surface area contributed by atoms with E-state index in [4.69, 9.17) is 0 Å². The van der Waals surface area contributed by atoms with Crippen LogP contribution in [0.1, 0.15) is 57.6 Å². The van der Waals surface area contributed by atoms with Crippen LogP contribution in [0.4, 0.5) is 0 Å². The fraction of sp³-hybridized carbons (Fsp3) is 0.643. The Labute approximate surface area is 108 Å². The Kier molecular flexibility index (Phi) is 5.12. The van der Waals surface area contributed by atoms with Gasteiger partial charge >= 0.3 is 0 Å². The number of nitrogens with zero attached hydrogens (tertiary/aromatic N) is 4. The van der Waals surface area contributed by atoms with E-state index in [0.29, 0.717) is 5.78 Å². The highest BCUT2D eigenvalue weighted by Gasteiger charge is 1.99. The summed E-state index contributed by atoms with van der Waals surface area (Å²) in [4.78, 5) is 8.57. The monoisotopic (exact) mass is 246 g/mol. The predicted octanol–water partition coefficient (Wildman–Crippen LogP) is 3.42. The number of unbranched alkanes of at least 4 members (excludes halogenated alkanes) is 6. The standard InChI is InChI=1S/C14H22N4/c1-2-3-4-5-6-7-8-9-13-10-11-18-14(17-13)15-12-16-18/h10-12H,2-9H2,1H3. The SMILES string of the molecule is CCCCCCCCCc1ccn2ncnc2n1. The summed E-state index contributed by atoms with van der Waals surface area (Å²) < 4.78 is 1.70. The Balaban J connectivity index is 1.67. The van der Waals surface area contributed by atoms with Crippen LogP contribution in [0.3, 0.4) is 0 Å². The molecule has 2 aromatic rings. The molecule has 0 spiro atoms. The molecule has 0 saturated heterocycles. The van der Waals surface area contributed by atoms with Gasteiger partial charge in [-0.25, -0.2) is 9.50 Å². The molecule has 98 valence electrons. The van der Waals surface area contributed by atoms with Crippen LogP contribution in [-0.4, -0.2) is 19.6 Å². The van der Waals surface area contributed by atoms with E-state index in [1.54, 1.807) is 10.8 Å². The van der Waals surface area contributed by atoms with Gasteiger partial charge in [0.1, 0.15) is 6.33 Å². The second kappa shape index (κ2) is 7.09. The van der Waals surface area contributed by atoms with Crippen molar-refractivity contribution in [3.05, 3.63) is 24.3 Å². The third kappa shape index (κ3) is 3.79. The highest BCUT2D eigenvalue weighted by molar-refractivity contribution is 5.25. The summed E-state index contributed by atoms with van der Waals surface area (Å²) in [5.41, 5.74) is 1.13. The Hall–Kier alpha value is -1.45. The maximum atomic E-state index is 4.47. The molecule has 0 atom stereocenters. The van der Waals surface area contributed by atoms with E-state index in [2.05, 4.69) is 22.0 Å². The van der Waals surface area contributed by atoms with E-state index in [9.17, 15) is 0 Å². The summed E-state index contributed by atoms with van der Waals surface area (Å²) in [5.74, 6) is 0.704. The minimum atomic E-state index is 0.704. The van der Waals surface area contributed by atoms with Crippen molar-refractivity contribution in [3.8, 4) is 0 Å². The van der Waals surface area contributed by atoms with Gasteiger partial charge in [-0.15, -0.1) is 0 Å². The Morgan fingerprint density at radius 3 is 2.67 bits per heavy atom. The molecule has 0 aliphatic heterocycles. The van der Waals surface area contributed by atoms with E-state index in [1.165, 1.54) is 44.9 Å². The smallest absolute Gasteiger partial charge is 0.216 e. The molecule has 0 aliphatic rings. The van der Waals surface area contributed by atoms with Gasteiger partial charge in [-0.05, 0) is 18.9 Å². The normalized spacial score (nSPS) is 11.2. The van der Waals surface area contributed by atoms with Crippen molar-refractivity contribution in [1.29, 1.82) is 0 Å². The van der Waals surface area contributed by atoms with Gasteiger partial charge in [-0.3, -0.25) is 0 Å². The van der Waals surface area contributed by atoms with Crippen molar-refractivity contribution in [2.45, 2.75) is 58.3 Å². The summed E-state index contributed by atoms with van der Waals surface area (Å²) in [5, 5.41) is 4.04. The van der Waals surface area contributed by atoms with E-state index in [-0.39, 0.29) is 0 Å². The van der Waals surface area contributed by atoms with Crippen LogP contribution < -0.4 is 0 Å².